The van der Waals surface area contributed by atoms with E-state index < -0.39 is 0 Å². The highest BCUT2D eigenvalue weighted by Gasteiger charge is 2.25. The van der Waals surface area contributed by atoms with Crippen LogP contribution >= 0.6 is 0 Å². The number of hydrogen-bond donors (Lipinski definition) is 1. The predicted octanol–water partition coefficient (Wildman–Crippen LogP) is 2.47. The maximum Gasteiger partial charge on any atom is 0.223 e. The summed E-state index contributed by atoms with van der Waals surface area (Å²) in [6, 6.07) is 2.16. The van der Waals surface area contributed by atoms with E-state index in [0.717, 1.165) is 51.1 Å². The highest BCUT2D eigenvalue weighted by Crippen LogP contribution is 2.26. The van der Waals surface area contributed by atoms with E-state index in [2.05, 4.69) is 46.0 Å². The Balaban J connectivity index is 1.59. The van der Waals surface area contributed by atoms with Gasteiger partial charge in [0.05, 0.1) is 17.9 Å². The zero-order chi connectivity index (χ0) is 16.2. The van der Waals surface area contributed by atoms with Gasteiger partial charge < -0.3 is 5.32 Å². The van der Waals surface area contributed by atoms with Gasteiger partial charge in [0.1, 0.15) is 0 Å². The van der Waals surface area contributed by atoms with Crippen LogP contribution in [0, 0.1) is 5.92 Å². The monoisotopic (exact) mass is 316 g/mol. The molecule has 1 N–H and O–H groups in total. The van der Waals surface area contributed by atoms with Crippen molar-refractivity contribution >= 4 is 5.91 Å². The summed E-state index contributed by atoms with van der Waals surface area (Å²) in [5.41, 5.74) is 3.66. The molecule has 1 aliphatic heterocycles. The van der Waals surface area contributed by atoms with E-state index in [-0.39, 0.29) is 11.8 Å². The van der Waals surface area contributed by atoms with Crippen molar-refractivity contribution in [1.82, 2.24) is 20.0 Å². The highest BCUT2D eigenvalue weighted by molar-refractivity contribution is 5.79. The first-order chi connectivity index (χ1) is 11.2. The molecular formula is C18H28N4O. The standard InChI is InChI=1S/C18H28N4O/c1-3-14(2)12-21-8-5-9-22-17(13-21)10-16(20-22)11-19-18(23)15-6-4-7-15/h3,10,15H,4-9,11-13H2,1-2H3,(H,19,23)/b14-3+. The first-order valence-corrected chi connectivity index (χ1v) is 8.83. The first-order valence-electron chi connectivity index (χ1n) is 8.83. The number of rotatable bonds is 5. The third-order valence-electron chi connectivity index (χ3n) is 5.03. The van der Waals surface area contributed by atoms with Crippen molar-refractivity contribution in [3.05, 3.63) is 29.1 Å². The van der Waals surface area contributed by atoms with E-state index in [1.807, 2.05) is 0 Å². The number of hydrogen-bond acceptors (Lipinski definition) is 3. The van der Waals surface area contributed by atoms with Crippen LogP contribution < -0.4 is 5.32 Å². The summed E-state index contributed by atoms with van der Waals surface area (Å²) in [7, 11) is 0. The summed E-state index contributed by atoms with van der Waals surface area (Å²) in [6.45, 7) is 8.89. The van der Waals surface area contributed by atoms with Crippen LogP contribution in [0.2, 0.25) is 0 Å². The lowest BCUT2D eigenvalue weighted by Crippen LogP contribution is -2.34. The minimum Gasteiger partial charge on any atom is -0.350 e. The minimum absolute atomic E-state index is 0.199. The molecule has 0 aromatic carbocycles. The van der Waals surface area contributed by atoms with Gasteiger partial charge in [-0.1, -0.05) is 18.1 Å². The lowest BCUT2D eigenvalue weighted by molar-refractivity contribution is -0.127. The zero-order valence-corrected chi connectivity index (χ0v) is 14.3. The number of aromatic nitrogens is 2. The summed E-state index contributed by atoms with van der Waals surface area (Å²) < 4.78 is 2.12. The summed E-state index contributed by atoms with van der Waals surface area (Å²) in [4.78, 5) is 14.4. The topological polar surface area (TPSA) is 50.2 Å². The van der Waals surface area contributed by atoms with Gasteiger partial charge in [0.2, 0.25) is 5.91 Å². The molecule has 0 bridgehead atoms. The van der Waals surface area contributed by atoms with Crippen molar-refractivity contribution in [2.24, 2.45) is 5.92 Å². The van der Waals surface area contributed by atoms with Crippen LogP contribution in [0.3, 0.4) is 0 Å². The molecule has 1 saturated carbocycles. The second-order valence-electron chi connectivity index (χ2n) is 6.90. The number of amides is 1. The lowest BCUT2D eigenvalue weighted by atomic mass is 9.85. The third kappa shape index (κ3) is 4.02. The largest absolute Gasteiger partial charge is 0.350 e. The van der Waals surface area contributed by atoms with E-state index in [1.165, 1.54) is 17.7 Å². The van der Waals surface area contributed by atoms with Crippen molar-refractivity contribution in [3.8, 4) is 0 Å². The number of nitrogens with zero attached hydrogens (tertiary/aromatic N) is 3. The molecule has 23 heavy (non-hydrogen) atoms. The van der Waals surface area contributed by atoms with Crippen LogP contribution in [0.4, 0.5) is 0 Å². The van der Waals surface area contributed by atoms with Crippen LogP contribution in [0.1, 0.15) is 50.9 Å². The molecule has 1 aliphatic carbocycles. The molecule has 0 radical (unpaired) electrons. The van der Waals surface area contributed by atoms with E-state index in [0.29, 0.717) is 6.54 Å². The third-order valence-corrected chi connectivity index (χ3v) is 5.03. The van der Waals surface area contributed by atoms with E-state index in [4.69, 9.17) is 0 Å². The Morgan fingerprint density at radius 1 is 1.39 bits per heavy atom. The summed E-state index contributed by atoms with van der Waals surface area (Å²) in [5.74, 6) is 0.444. The Morgan fingerprint density at radius 2 is 2.22 bits per heavy atom. The van der Waals surface area contributed by atoms with Crippen LogP contribution in [-0.4, -0.2) is 33.7 Å². The molecule has 2 heterocycles. The fraction of sp³-hybridized carbons (Fsp3) is 0.667. The Labute approximate surface area is 138 Å². The van der Waals surface area contributed by atoms with E-state index in [9.17, 15) is 4.79 Å². The molecule has 3 rings (SSSR count). The predicted molar refractivity (Wildman–Crippen MR) is 90.7 cm³/mol. The minimum atomic E-state index is 0.199. The second kappa shape index (κ2) is 7.30. The van der Waals surface area contributed by atoms with Gasteiger partial charge in [-0.3, -0.25) is 14.4 Å². The molecule has 1 aromatic rings. The second-order valence-corrected chi connectivity index (χ2v) is 6.90. The molecule has 5 heteroatoms. The van der Waals surface area contributed by atoms with Gasteiger partial charge in [-0.2, -0.15) is 5.10 Å². The van der Waals surface area contributed by atoms with Crippen LogP contribution in [0.15, 0.2) is 17.7 Å². The Morgan fingerprint density at radius 3 is 2.91 bits per heavy atom. The maximum absolute atomic E-state index is 11.9. The molecule has 5 nitrogen and oxygen atoms in total. The Hall–Kier alpha value is -1.62. The summed E-state index contributed by atoms with van der Waals surface area (Å²) in [6.07, 6.45) is 6.59. The van der Waals surface area contributed by atoms with Crippen LogP contribution in [0.25, 0.3) is 0 Å². The van der Waals surface area contributed by atoms with Gasteiger partial charge >= 0.3 is 0 Å². The molecule has 126 valence electrons. The maximum atomic E-state index is 11.9. The Bertz CT molecular complexity index is 586. The SMILES string of the molecule is C/C=C(\C)CN1CCCn2nc(CNC(=O)C3CCC3)cc2C1. The molecule has 1 aromatic heterocycles. The Kier molecular flexibility index (Phi) is 5.16. The number of carbonyl (C=O) groups excluding carboxylic acids is 1. The average Bonchev–Trinajstić information content (AvgIpc) is 2.76. The van der Waals surface area contributed by atoms with Crippen LogP contribution in [-0.2, 0) is 24.4 Å². The average molecular weight is 316 g/mol. The van der Waals surface area contributed by atoms with Crippen molar-refractivity contribution < 1.29 is 4.79 Å². The van der Waals surface area contributed by atoms with Gasteiger partial charge in [0.15, 0.2) is 0 Å². The number of allylic oxidation sites excluding steroid dienone is 1. The number of aryl methyl sites for hydroxylation is 1. The van der Waals surface area contributed by atoms with Crippen LogP contribution in [0.5, 0.6) is 0 Å². The van der Waals surface area contributed by atoms with E-state index in [1.54, 1.807) is 0 Å². The quantitative estimate of drug-likeness (QED) is 0.849. The zero-order valence-electron chi connectivity index (χ0n) is 14.3. The van der Waals surface area contributed by atoms with Gasteiger partial charge in [-0.05, 0) is 39.2 Å². The fourth-order valence-electron chi connectivity index (χ4n) is 3.25. The summed E-state index contributed by atoms with van der Waals surface area (Å²) >= 11 is 0. The number of nitrogens with one attached hydrogen (secondary N) is 1. The normalized spacial score (nSPS) is 19.8. The van der Waals surface area contributed by atoms with Crippen molar-refractivity contribution in [2.75, 3.05) is 13.1 Å². The van der Waals surface area contributed by atoms with E-state index >= 15 is 0 Å². The molecule has 0 atom stereocenters. The molecule has 1 fully saturated rings. The first kappa shape index (κ1) is 16.2. The molecule has 0 spiro atoms. The molecular weight excluding hydrogens is 288 g/mol. The van der Waals surface area contributed by atoms with Gasteiger partial charge in [0.25, 0.3) is 0 Å². The number of carbonyl (C=O) groups is 1. The summed E-state index contributed by atoms with van der Waals surface area (Å²) in [5, 5.41) is 7.72. The molecule has 0 saturated heterocycles. The van der Waals surface area contributed by atoms with Crippen molar-refractivity contribution in [2.45, 2.75) is 59.2 Å². The molecule has 0 unspecified atom stereocenters. The van der Waals surface area contributed by atoms with Gasteiger partial charge in [-0.15, -0.1) is 0 Å². The highest BCUT2D eigenvalue weighted by atomic mass is 16.1. The molecule has 1 amide bonds. The van der Waals surface area contributed by atoms with Crippen molar-refractivity contribution in [3.63, 3.8) is 0 Å². The van der Waals surface area contributed by atoms with Crippen molar-refractivity contribution in [1.29, 1.82) is 0 Å². The smallest absolute Gasteiger partial charge is 0.223 e. The van der Waals surface area contributed by atoms with Gasteiger partial charge in [0, 0.05) is 32.1 Å². The van der Waals surface area contributed by atoms with Gasteiger partial charge in [-0.25, -0.2) is 0 Å². The molecule has 2 aliphatic rings. The number of fused-ring (bicyclic) bond motifs is 1. The lowest BCUT2D eigenvalue weighted by Gasteiger charge is -2.23. The fourth-order valence-corrected chi connectivity index (χ4v) is 3.25.